The zero-order valence-electron chi connectivity index (χ0n) is 18.7. The quantitative estimate of drug-likeness (QED) is 0.539. The summed E-state index contributed by atoms with van der Waals surface area (Å²) in [6.45, 7) is 5.69. The Bertz CT molecular complexity index is 1120. The highest BCUT2D eigenvalue weighted by atomic mass is 32.1. The molecule has 0 unspecified atom stereocenters. The van der Waals surface area contributed by atoms with Crippen LogP contribution in [0.25, 0.3) is 0 Å². The molecular weight excluding hydrogens is 438 g/mol. The maximum absolute atomic E-state index is 12.8. The van der Waals surface area contributed by atoms with E-state index < -0.39 is 0 Å². The van der Waals surface area contributed by atoms with Crippen LogP contribution in [-0.4, -0.2) is 46.7 Å². The summed E-state index contributed by atoms with van der Waals surface area (Å²) in [5, 5.41) is 15.3. The predicted octanol–water partition coefficient (Wildman–Crippen LogP) is 4.91. The van der Waals surface area contributed by atoms with Gasteiger partial charge in [0.05, 0.1) is 6.61 Å². The first-order valence-electron chi connectivity index (χ1n) is 11.0. The molecule has 0 radical (unpaired) electrons. The number of urea groups is 1. The van der Waals surface area contributed by atoms with E-state index in [4.69, 9.17) is 4.74 Å². The summed E-state index contributed by atoms with van der Waals surface area (Å²) < 4.78 is 5.44. The Balaban J connectivity index is 1.36. The number of ether oxygens (including phenoxy) is 1. The maximum atomic E-state index is 12.8. The van der Waals surface area contributed by atoms with E-state index in [0.717, 1.165) is 40.5 Å². The second-order valence-corrected chi connectivity index (χ2v) is 8.90. The van der Waals surface area contributed by atoms with Gasteiger partial charge in [0.15, 0.2) is 0 Å². The first kappa shape index (κ1) is 22.7. The number of nitrogens with one attached hydrogen (secondary N) is 2. The van der Waals surface area contributed by atoms with Crippen molar-refractivity contribution in [2.45, 2.75) is 32.6 Å². The van der Waals surface area contributed by atoms with E-state index in [-0.39, 0.29) is 17.9 Å². The van der Waals surface area contributed by atoms with Gasteiger partial charge in [0.1, 0.15) is 10.8 Å². The number of para-hydroxylation sites is 1. The Morgan fingerprint density at radius 1 is 1.12 bits per heavy atom. The van der Waals surface area contributed by atoms with Crippen LogP contribution in [0.2, 0.25) is 0 Å². The molecule has 2 heterocycles. The van der Waals surface area contributed by atoms with Crippen LogP contribution in [0.3, 0.4) is 0 Å². The number of amides is 3. The smallest absolute Gasteiger partial charge is 0.321 e. The van der Waals surface area contributed by atoms with E-state index in [1.807, 2.05) is 62.4 Å². The van der Waals surface area contributed by atoms with Crippen LogP contribution < -0.4 is 15.4 Å². The van der Waals surface area contributed by atoms with Crippen molar-refractivity contribution in [3.63, 3.8) is 0 Å². The lowest BCUT2D eigenvalue weighted by Gasteiger charge is -2.31. The number of carbonyl (C=O) groups excluding carboxylic acids is 2. The van der Waals surface area contributed by atoms with Crippen molar-refractivity contribution in [1.29, 1.82) is 0 Å². The molecule has 1 atom stereocenters. The fraction of sp³-hybridized carbons (Fsp3) is 0.333. The Kier molecular flexibility index (Phi) is 7.19. The van der Waals surface area contributed by atoms with Crippen LogP contribution >= 0.6 is 11.3 Å². The third-order valence-electron chi connectivity index (χ3n) is 5.50. The minimum absolute atomic E-state index is 0.0577. The summed E-state index contributed by atoms with van der Waals surface area (Å²) in [5.74, 6) is 0.559. The largest absolute Gasteiger partial charge is 0.494 e. The van der Waals surface area contributed by atoms with Crippen molar-refractivity contribution >= 4 is 34.6 Å². The van der Waals surface area contributed by atoms with E-state index in [2.05, 4.69) is 20.8 Å². The lowest BCUT2D eigenvalue weighted by Crippen LogP contribution is -2.41. The summed E-state index contributed by atoms with van der Waals surface area (Å²) in [4.78, 5) is 27.2. The lowest BCUT2D eigenvalue weighted by molar-refractivity contribution is 0.102. The summed E-state index contributed by atoms with van der Waals surface area (Å²) in [6.07, 6.45) is 1.77. The van der Waals surface area contributed by atoms with Gasteiger partial charge < -0.3 is 20.3 Å². The second kappa shape index (κ2) is 10.4. The van der Waals surface area contributed by atoms with Crippen molar-refractivity contribution in [2.24, 2.45) is 0 Å². The lowest BCUT2D eigenvalue weighted by atomic mass is 9.99. The standard InChI is InChI=1S/C24H27N5O3S/c1-3-32-19-12-10-18(11-13-19)25-24(31)29-14-6-8-17(15-29)22-27-28-23(33-22)21(30)26-20-9-5-4-7-16(20)2/h4-5,7,9-13,17H,3,6,8,14-15H2,1-2H3,(H,25,31)(H,26,30)/t17-/m0/s1. The highest BCUT2D eigenvalue weighted by Gasteiger charge is 2.28. The van der Waals surface area contributed by atoms with E-state index in [0.29, 0.717) is 24.7 Å². The predicted molar refractivity (Wildman–Crippen MR) is 129 cm³/mol. The molecule has 1 fully saturated rings. The Morgan fingerprint density at radius 3 is 2.67 bits per heavy atom. The van der Waals surface area contributed by atoms with Crippen molar-refractivity contribution in [3.05, 3.63) is 64.1 Å². The van der Waals surface area contributed by atoms with Crippen molar-refractivity contribution in [1.82, 2.24) is 15.1 Å². The highest BCUT2D eigenvalue weighted by molar-refractivity contribution is 7.13. The fourth-order valence-corrected chi connectivity index (χ4v) is 4.61. The molecule has 8 nitrogen and oxygen atoms in total. The molecule has 0 spiro atoms. The average molecular weight is 466 g/mol. The summed E-state index contributed by atoms with van der Waals surface area (Å²) in [7, 11) is 0. The van der Waals surface area contributed by atoms with Gasteiger partial charge in [-0.2, -0.15) is 0 Å². The molecule has 0 saturated carbocycles. The van der Waals surface area contributed by atoms with Gasteiger partial charge in [0, 0.05) is 30.4 Å². The Hall–Kier alpha value is -3.46. The number of aryl methyl sites for hydroxylation is 1. The summed E-state index contributed by atoms with van der Waals surface area (Å²) in [5.41, 5.74) is 2.46. The van der Waals surface area contributed by atoms with Crippen LogP contribution in [0.1, 0.15) is 46.1 Å². The van der Waals surface area contributed by atoms with E-state index in [1.54, 1.807) is 4.90 Å². The van der Waals surface area contributed by atoms with Gasteiger partial charge in [0.25, 0.3) is 5.91 Å². The third-order valence-corrected chi connectivity index (χ3v) is 6.59. The van der Waals surface area contributed by atoms with Gasteiger partial charge in [-0.3, -0.25) is 4.79 Å². The zero-order valence-corrected chi connectivity index (χ0v) is 19.5. The maximum Gasteiger partial charge on any atom is 0.321 e. The van der Waals surface area contributed by atoms with Gasteiger partial charge >= 0.3 is 6.03 Å². The molecule has 0 bridgehead atoms. The number of hydrogen-bond acceptors (Lipinski definition) is 6. The zero-order chi connectivity index (χ0) is 23.2. The minimum atomic E-state index is -0.269. The minimum Gasteiger partial charge on any atom is -0.494 e. The number of anilines is 2. The van der Waals surface area contributed by atoms with E-state index in [9.17, 15) is 9.59 Å². The molecular formula is C24H27N5O3S. The van der Waals surface area contributed by atoms with E-state index in [1.165, 1.54) is 11.3 Å². The van der Waals surface area contributed by atoms with Gasteiger partial charge in [-0.1, -0.05) is 29.5 Å². The molecule has 3 amide bonds. The Labute approximate surface area is 197 Å². The normalized spacial score (nSPS) is 15.7. The molecule has 1 saturated heterocycles. The summed E-state index contributed by atoms with van der Waals surface area (Å²) >= 11 is 1.29. The number of benzene rings is 2. The molecule has 9 heteroatoms. The molecule has 2 N–H and O–H groups in total. The van der Waals surface area contributed by atoms with Gasteiger partial charge in [-0.15, -0.1) is 10.2 Å². The molecule has 172 valence electrons. The highest BCUT2D eigenvalue weighted by Crippen LogP contribution is 2.30. The number of likely N-dealkylation sites (tertiary alicyclic amines) is 1. The molecule has 4 rings (SSSR count). The topological polar surface area (TPSA) is 96.4 Å². The first-order valence-corrected chi connectivity index (χ1v) is 11.8. The van der Waals surface area contributed by atoms with Crippen molar-refractivity contribution in [3.8, 4) is 5.75 Å². The number of piperidine rings is 1. The van der Waals surface area contributed by atoms with Gasteiger partial charge in [0.2, 0.25) is 5.01 Å². The van der Waals surface area contributed by atoms with Crippen LogP contribution in [0.15, 0.2) is 48.5 Å². The van der Waals surface area contributed by atoms with Gasteiger partial charge in [-0.25, -0.2) is 4.79 Å². The van der Waals surface area contributed by atoms with Crippen LogP contribution in [0.4, 0.5) is 16.2 Å². The van der Waals surface area contributed by atoms with Crippen LogP contribution in [0.5, 0.6) is 5.75 Å². The van der Waals surface area contributed by atoms with Gasteiger partial charge in [-0.05, 0) is 62.6 Å². The molecule has 3 aromatic rings. The molecule has 1 aliphatic rings. The number of rotatable bonds is 6. The molecule has 33 heavy (non-hydrogen) atoms. The number of carbonyl (C=O) groups is 2. The monoisotopic (exact) mass is 465 g/mol. The van der Waals surface area contributed by atoms with Crippen molar-refractivity contribution < 1.29 is 14.3 Å². The third kappa shape index (κ3) is 5.67. The Morgan fingerprint density at radius 2 is 1.91 bits per heavy atom. The molecule has 0 aliphatic carbocycles. The average Bonchev–Trinajstić information content (AvgIpc) is 3.33. The molecule has 1 aliphatic heterocycles. The second-order valence-electron chi connectivity index (χ2n) is 7.89. The fourth-order valence-electron chi connectivity index (χ4n) is 3.75. The first-order chi connectivity index (χ1) is 16.0. The molecule has 2 aromatic carbocycles. The SMILES string of the molecule is CCOc1ccc(NC(=O)N2CCC[C@H](c3nnc(C(=O)Nc4ccccc4C)s3)C2)cc1. The number of aromatic nitrogens is 2. The number of hydrogen-bond donors (Lipinski definition) is 2. The van der Waals surface area contributed by atoms with Crippen LogP contribution in [0, 0.1) is 6.92 Å². The molecule has 1 aromatic heterocycles. The van der Waals surface area contributed by atoms with Crippen LogP contribution in [-0.2, 0) is 0 Å². The summed E-state index contributed by atoms with van der Waals surface area (Å²) in [6, 6.07) is 14.8. The van der Waals surface area contributed by atoms with E-state index >= 15 is 0 Å². The van der Waals surface area contributed by atoms with Crippen molar-refractivity contribution in [2.75, 3.05) is 30.3 Å². The number of nitrogens with zero attached hydrogens (tertiary/aromatic N) is 3.